The minimum absolute atomic E-state index is 1.62. The van der Waals surface area contributed by atoms with Gasteiger partial charge in [0.05, 0.1) is 0 Å². The van der Waals surface area contributed by atoms with Crippen LogP contribution in [-0.4, -0.2) is 13.3 Å². The Kier molecular flexibility index (Phi) is 5.17. The van der Waals surface area contributed by atoms with Crippen molar-refractivity contribution in [1.82, 2.24) is 5.32 Å². The van der Waals surface area contributed by atoms with Crippen LogP contribution in [0.1, 0.15) is 0 Å². The van der Waals surface area contributed by atoms with Gasteiger partial charge in [0.25, 0.3) is 0 Å². The van der Waals surface area contributed by atoms with Crippen LogP contribution in [0.25, 0.3) is 0 Å². The second-order valence-electron chi connectivity index (χ2n) is 1.14. The van der Waals surface area contributed by atoms with Crippen molar-refractivity contribution in [2.75, 3.05) is 7.05 Å². The van der Waals surface area contributed by atoms with Gasteiger partial charge in [-0.3, -0.25) is 4.99 Å². The van der Waals surface area contributed by atoms with E-state index in [4.69, 9.17) is 0 Å². The summed E-state index contributed by atoms with van der Waals surface area (Å²) in [7, 11) is 1.82. The standard InChI is InChI=1S/C6H10N2/c1-3-4-8-6-5-7-2/h3-7H,1H2,2H3/b6-5-,8-4?. The van der Waals surface area contributed by atoms with Crippen molar-refractivity contribution >= 4 is 6.21 Å². The topological polar surface area (TPSA) is 24.4 Å². The zero-order valence-electron chi connectivity index (χ0n) is 4.96. The molecule has 0 aliphatic rings. The van der Waals surface area contributed by atoms with E-state index in [0.717, 1.165) is 0 Å². The van der Waals surface area contributed by atoms with Gasteiger partial charge in [0.1, 0.15) is 0 Å². The zero-order valence-corrected chi connectivity index (χ0v) is 4.96. The molecule has 0 bridgehead atoms. The summed E-state index contributed by atoms with van der Waals surface area (Å²) in [6, 6.07) is 0. The molecule has 0 amide bonds. The zero-order chi connectivity index (χ0) is 6.24. The monoisotopic (exact) mass is 110 g/mol. The Morgan fingerprint density at radius 2 is 2.38 bits per heavy atom. The van der Waals surface area contributed by atoms with E-state index < -0.39 is 0 Å². The first-order chi connectivity index (χ1) is 3.91. The second kappa shape index (κ2) is 5.95. The molecular weight excluding hydrogens is 100 g/mol. The maximum absolute atomic E-state index is 3.79. The summed E-state index contributed by atoms with van der Waals surface area (Å²) in [6.45, 7) is 3.45. The van der Waals surface area contributed by atoms with Gasteiger partial charge in [0.15, 0.2) is 0 Å². The molecule has 0 spiro atoms. The first-order valence-electron chi connectivity index (χ1n) is 2.38. The van der Waals surface area contributed by atoms with E-state index in [9.17, 15) is 0 Å². The minimum Gasteiger partial charge on any atom is -0.393 e. The van der Waals surface area contributed by atoms with Crippen LogP contribution in [0.5, 0.6) is 0 Å². The van der Waals surface area contributed by atoms with E-state index >= 15 is 0 Å². The molecule has 2 heteroatoms. The van der Waals surface area contributed by atoms with E-state index in [1.165, 1.54) is 0 Å². The fourth-order valence-electron chi connectivity index (χ4n) is 0.228. The van der Waals surface area contributed by atoms with Gasteiger partial charge in [0.2, 0.25) is 0 Å². The Bertz CT molecular complexity index is 103. The third kappa shape index (κ3) is 4.95. The van der Waals surface area contributed by atoms with Crippen molar-refractivity contribution in [3.63, 3.8) is 0 Å². The summed E-state index contributed by atoms with van der Waals surface area (Å²) in [5, 5.41) is 2.80. The average molecular weight is 110 g/mol. The summed E-state index contributed by atoms with van der Waals surface area (Å²) < 4.78 is 0. The molecule has 0 aliphatic heterocycles. The Morgan fingerprint density at radius 3 is 2.88 bits per heavy atom. The summed E-state index contributed by atoms with van der Waals surface area (Å²) in [4.78, 5) is 3.79. The number of hydrogen-bond donors (Lipinski definition) is 1. The van der Waals surface area contributed by atoms with Gasteiger partial charge in [0, 0.05) is 25.7 Å². The molecule has 0 saturated heterocycles. The molecule has 0 aromatic carbocycles. The number of aliphatic imine (C=N–C) groups is 1. The van der Waals surface area contributed by atoms with Gasteiger partial charge in [-0.1, -0.05) is 12.7 Å². The smallest absolute Gasteiger partial charge is 0.0424 e. The average Bonchev–Trinajstić information content (AvgIpc) is 1.81. The lowest BCUT2D eigenvalue weighted by atomic mass is 10.7. The molecule has 1 N–H and O–H groups in total. The summed E-state index contributed by atoms with van der Waals surface area (Å²) in [6.07, 6.45) is 6.63. The Balaban J connectivity index is 3.26. The maximum atomic E-state index is 3.79. The van der Waals surface area contributed by atoms with E-state index in [0.29, 0.717) is 0 Å². The van der Waals surface area contributed by atoms with Crippen molar-refractivity contribution in [2.45, 2.75) is 0 Å². The van der Waals surface area contributed by atoms with Crippen LogP contribution in [0.2, 0.25) is 0 Å². The number of rotatable bonds is 3. The fraction of sp³-hybridized carbons (Fsp3) is 0.167. The molecule has 0 aromatic heterocycles. The minimum atomic E-state index is 1.62. The predicted octanol–water partition coefficient (Wildman–Crippen LogP) is 0.934. The van der Waals surface area contributed by atoms with Crippen molar-refractivity contribution in [1.29, 1.82) is 0 Å². The van der Waals surface area contributed by atoms with Crippen molar-refractivity contribution in [2.24, 2.45) is 4.99 Å². The highest BCUT2D eigenvalue weighted by atomic mass is 14.8. The lowest BCUT2D eigenvalue weighted by Crippen LogP contribution is -1.89. The van der Waals surface area contributed by atoms with Gasteiger partial charge >= 0.3 is 0 Å². The molecule has 0 unspecified atom stereocenters. The van der Waals surface area contributed by atoms with E-state index in [-0.39, 0.29) is 0 Å². The molecule has 0 heterocycles. The number of allylic oxidation sites excluding steroid dienone is 1. The van der Waals surface area contributed by atoms with Crippen LogP contribution < -0.4 is 5.32 Å². The fourth-order valence-corrected chi connectivity index (χ4v) is 0.228. The predicted molar refractivity (Wildman–Crippen MR) is 36.9 cm³/mol. The van der Waals surface area contributed by atoms with Crippen molar-refractivity contribution in [3.05, 3.63) is 25.1 Å². The van der Waals surface area contributed by atoms with Gasteiger partial charge < -0.3 is 5.32 Å². The highest BCUT2D eigenvalue weighted by molar-refractivity contribution is 5.70. The first kappa shape index (κ1) is 6.95. The highest BCUT2D eigenvalue weighted by Gasteiger charge is 1.56. The number of nitrogens with one attached hydrogen (secondary N) is 1. The lowest BCUT2D eigenvalue weighted by Gasteiger charge is -1.78. The van der Waals surface area contributed by atoms with Gasteiger partial charge in [-0.25, -0.2) is 0 Å². The van der Waals surface area contributed by atoms with E-state index in [1.807, 2.05) is 7.05 Å². The Labute approximate surface area is 49.6 Å². The second-order valence-corrected chi connectivity index (χ2v) is 1.14. The molecule has 0 aromatic rings. The van der Waals surface area contributed by atoms with Crippen LogP contribution in [-0.2, 0) is 0 Å². The lowest BCUT2D eigenvalue weighted by molar-refractivity contribution is 1.09. The largest absolute Gasteiger partial charge is 0.393 e. The highest BCUT2D eigenvalue weighted by Crippen LogP contribution is 1.66. The number of nitrogens with zero attached hydrogens (tertiary/aromatic N) is 1. The molecule has 8 heavy (non-hydrogen) atoms. The van der Waals surface area contributed by atoms with Crippen LogP contribution in [0.15, 0.2) is 30.0 Å². The van der Waals surface area contributed by atoms with Crippen molar-refractivity contribution < 1.29 is 0 Å². The third-order valence-corrected chi connectivity index (χ3v) is 0.519. The summed E-state index contributed by atoms with van der Waals surface area (Å²) in [5.74, 6) is 0. The Hall–Kier alpha value is -1.05. The Morgan fingerprint density at radius 1 is 1.62 bits per heavy atom. The molecule has 0 aliphatic carbocycles. The maximum Gasteiger partial charge on any atom is 0.0424 e. The van der Waals surface area contributed by atoms with E-state index in [2.05, 4.69) is 16.9 Å². The molecule has 0 saturated carbocycles. The molecular formula is C6H10N2. The quantitative estimate of drug-likeness (QED) is 0.537. The molecule has 0 radical (unpaired) electrons. The van der Waals surface area contributed by atoms with Gasteiger partial charge in [-0.2, -0.15) is 0 Å². The summed E-state index contributed by atoms with van der Waals surface area (Å²) in [5.41, 5.74) is 0. The molecule has 0 rings (SSSR count). The van der Waals surface area contributed by atoms with E-state index in [1.54, 1.807) is 24.7 Å². The molecule has 44 valence electrons. The van der Waals surface area contributed by atoms with Gasteiger partial charge in [-0.05, 0) is 0 Å². The van der Waals surface area contributed by atoms with Crippen LogP contribution in [0, 0.1) is 0 Å². The molecule has 0 fully saturated rings. The van der Waals surface area contributed by atoms with Crippen LogP contribution in [0.4, 0.5) is 0 Å². The first-order valence-corrected chi connectivity index (χ1v) is 2.38. The summed E-state index contributed by atoms with van der Waals surface area (Å²) >= 11 is 0. The molecule has 0 atom stereocenters. The van der Waals surface area contributed by atoms with Crippen molar-refractivity contribution in [3.8, 4) is 0 Å². The number of hydrogen-bond acceptors (Lipinski definition) is 2. The SMILES string of the molecule is C=CC=N/C=C\NC. The van der Waals surface area contributed by atoms with Gasteiger partial charge in [-0.15, -0.1) is 0 Å². The molecule has 2 nitrogen and oxygen atoms in total. The normalized spacial score (nSPS) is 10.6. The van der Waals surface area contributed by atoms with Crippen LogP contribution in [0.3, 0.4) is 0 Å². The van der Waals surface area contributed by atoms with Crippen LogP contribution >= 0.6 is 0 Å². The third-order valence-electron chi connectivity index (χ3n) is 0.519.